The van der Waals surface area contributed by atoms with Gasteiger partial charge in [0.05, 0.1) is 0 Å². The summed E-state index contributed by atoms with van der Waals surface area (Å²) in [6.45, 7) is 0. The third kappa shape index (κ3) is 4.42. The van der Waals surface area contributed by atoms with Gasteiger partial charge in [-0.2, -0.15) is 61.5 Å². The van der Waals surface area contributed by atoms with E-state index >= 15 is 4.39 Å². The maximum Gasteiger partial charge on any atom is 0.460 e. The Labute approximate surface area is 186 Å². The summed E-state index contributed by atoms with van der Waals surface area (Å²) >= 11 is 0. The molecule has 0 aliphatic rings. The molecule has 0 atom stereocenters. The minimum atomic E-state index is -8.15. The van der Waals surface area contributed by atoms with Gasteiger partial charge in [-0.1, -0.05) is 36.4 Å². The van der Waals surface area contributed by atoms with E-state index < -0.39 is 53.1 Å². The summed E-state index contributed by atoms with van der Waals surface area (Å²) in [5, 5.41) is 2.09. The molecule has 0 saturated heterocycles. The molecule has 0 aliphatic carbocycles. The molecule has 0 bridgehead atoms. The molecule has 0 spiro atoms. The van der Waals surface area contributed by atoms with Crippen molar-refractivity contribution in [3.63, 3.8) is 0 Å². The molecule has 35 heavy (non-hydrogen) atoms. The number of anilines is 2. The second-order valence-electron chi connectivity index (χ2n) is 7.01. The number of alkyl halides is 14. The van der Waals surface area contributed by atoms with E-state index in [1.807, 2.05) is 0 Å². The average Bonchev–Trinajstić information content (AvgIpc) is 2.73. The van der Waals surface area contributed by atoms with Crippen molar-refractivity contribution in [2.75, 3.05) is 10.6 Å². The quantitative estimate of drug-likeness (QED) is 0.197. The zero-order valence-corrected chi connectivity index (χ0v) is 16.6. The van der Waals surface area contributed by atoms with Crippen LogP contribution in [0.2, 0.25) is 0 Å². The fourth-order valence-electron chi connectivity index (χ4n) is 2.61. The Morgan fingerprint density at radius 2 is 0.657 bits per heavy atom. The minimum Gasteiger partial charge on any atom is -0.331 e. The standard InChI is InChI=1S/C19H12F14N2/c20-13(21,14(22,23)16(26,27)18(30,31)32)15(24,25)17(28,29)19(33,34-11-7-3-1-4-8-11)35-12-9-5-2-6-10-12/h1-10,34-35H. The third-order valence-electron chi connectivity index (χ3n) is 4.55. The van der Waals surface area contributed by atoms with Crippen LogP contribution in [-0.2, 0) is 0 Å². The fourth-order valence-corrected chi connectivity index (χ4v) is 2.61. The molecule has 196 valence electrons. The van der Waals surface area contributed by atoms with Crippen LogP contribution >= 0.6 is 0 Å². The summed E-state index contributed by atoms with van der Waals surface area (Å²) in [6, 6.07) is 9.39. The lowest BCUT2D eigenvalue weighted by Crippen LogP contribution is -2.75. The Morgan fingerprint density at radius 3 is 0.971 bits per heavy atom. The van der Waals surface area contributed by atoms with Gasteiger partial charge in [-0.25, -0.2) is 0 Å². The predicted octanol–water partition coefficient (Wildman–Crippen LogP) is 7.57. The van der Waals surface area contributed by atoms with E-state index in [9.17, 15) is 57.1 Å². The van der Waals surface area contributed by atoms with Crippen LogP contribution in [0.5, 0.6) is 0 Å². The SMILES string of the molecule is FC(F)(F)C(F)(F)C(F)(F)C(F)(F)C(F)(F)C(F)(F)C(F)(Nc1ccccc1)Nc1ccccc1. The molecule has 0 fully saturated rings. The Hall–Kier alpha value is -2.94. The normalized spacial score (nSPS) is 14.6. The molecule has 16 heteroatoms. The highest BCUT2D eigenvalue weighted by molar-refractivity contribution is 5.52. The second kappa shape index (κ2) is 8.62. The van der Waals surface area contributed by atoms with E-state index in [1.54, 1.807) is 0 Å². The van der Waals surface area contributed by atoms with Crippen molar-refractivity contribution >= 4 is 11.4 Å². The maximum absolute atomic E-state index is 15.4. The van der Waals surface area contributed by atoms with Crippen LogP contribution in [0.1, 0.15) is 0 Å². The van der Waals surface area contributed by atoms with E-state index in [-0.39, 0.29) is 0 Å². The van der Waals surface area contributed by atoms with Crippen molar-refractivity contribution in [3.8, 4) is 0 Å². The Morgan fingerprint density at radius 1 is 0.371 bits per heavy atom. The summed E-state index contributed by atoms with van der Waals surface area (Å²) in [6.07, 6.45) is -7.57. The Bertz CT molecular complexity index is 948. The zero-order valence-electron chi connectivity index (χ0n) is 16.6. The highest BCUT2D eigenvalue weighted by Gasteiger charge is 2.93. The zero-order chi connectivity index (χ0) is 27.1. The molecule has 0 radical (unpaired) electrons. The molecule has 0 aliphatic heterocycles. The number of benzene rings is 2. The lowest BCUT2D eigenvalue weighted by molar-refractivity contribution is -0.445. The van der Waals surface area contributed by atoms with E-state index in [0.29, 0.717) is 0 Å². The van der Waals surface area contributed by atoms with Gasteiger partial charge < -0.3 is 10.6 Å². The van der Waals surface area contributed by atoms with Crippen molar-refractivity contribution in [1.29, 1.82) is 0 Å². The predicted molar refractivity (Wildman–Crippen MR) is 94.8 cm³/mol. The lowest BCUT2D eigenvalue weighted by atomic mass is 9.91. The van der Waals surface area contributed by atoms with Crippen molar-refractivity contribution in [2.24, 2.45) is 0 Å². The number of hydrogen-bond donors (Lipinski definition) is 2. The minimum absolute atomic E-state index is 0.736. The second-order valence-corrected chi connectivity index (χ2v) is 7.01. The van der Waals surface area contributed by atoms with Gasteiger partial charge in [-0.05, 0) is 24.3 Å². The molecule has 2 N–H and O–H groups in total. The molecular formula is C19H12F14N2. The molecule has 2 aromatic carbocycles. The van der Waals surface area contributed by atoms with Crippen molar-refractivity contribution < 1.29 is 61.5 Å². The van der Waals surface area contributed by atoms with Crippen LogP contribution < -0.4 is 10.6 Å². The molecular weight excluding hydrogens is 522 g/mol. The van der Waals surface area contributed by atoms with Crippen LogP contribution in [0.15, 0.2) is 60.7 Å². The third-order valence-corrected chi connectivity index (χ3v) is 4.55. The van der Waals surface area contributed by atoms with Crippen LogP contribution in [-0.4, -0.2) is 41.7 Å². The largest absolute Gasteiger partial charge is 0.460 e. The average molecular weight is 534 g/mol. The smallest absolute Gasteiger partial charge is 0.331 e. The van der Waals surface area contributed by atoms with Gasteiger partial charge >= 0.3 is 41.7 Å². The Balaban J connectivity index is 2.68. The van der Waals surface area contributed by atoms with Crippen LogP contribution in [0.25, 0.3) is 0 Å². The first-order chi connectivity index (χ1) is 15.7. The van der Waals surface area contributed by atoms with Crippen molar-refractivity contribution in [1.82, 2.24) is 0 Å². The summed E-state index contributed by atoms with van der Waals surface area (Å²) in [7, 11) is 0. The van der Waals surface area contributed by atoms with E-state index in [2.05, 4.69) is 0 Å². The number of para-hydroxylation sites is 2. The number of rotatable bonds is 9. The van der Waals surface area contributed by atoms with Gasteiger partial charge in [0.2, 0.25) is 0 Å². The topological polar surface area (TPSA) is 24.1 Å². The Kier molecular flexibility index (Phi) is 6.97. The molecule has 0 heterocycles. The van der Waals surface area contributed by atoms with Crippen LogP contribution in [0, 0.1) is 0 Å². The summed E-state index contributed by atoms with van der Waals surface area (Å²) in [4.78, 5) is 0. The van der Waals surface area contributed by atoms with Crippen LogP contribution in [0.4, 0.5) is 72.8 Å². The van der Waals surface area contributed by atoms with E-state index in [0.717, 1.165) is 59.2 Å². The van der Waals surface area contributed by atoms with Gasteiger partial charge in [0.1, 0.15) is 0 Å². The molecule has 0 amide bonds. The van der Waals surface area contributed by atoms with Gasteiger partial charge in [0.15, 0.2) is 0 Å². The van der Waals surface area contributed by atoms with Gasteiger partial charge in [0.25, 0.3) is 0 Å². The first-order valence-corrected chi connectivity index (χ1v) is 8.97. The lowest BCUT2D eigenvalue weighted by Gasteiger charge is -2.44. The molecule has 0 saturated carbocycles. The summed E-state index contributed by atoms with van der Waals surface area (Å²) in [5.74, 6) is -44.5. The maximum atomic E-state index is 15.4. The molecule has 0 aromatic heterocycles. The summed E-state index contributed by atoms with van der Waals surface area (Å²) < 4.78 is 191. The first kappa shape index (κ1) is 28.3. The van der Waals surface area contributed by atoms with Crippen molar-refractivity contribution in [2.45, 2.75) is 41.7 Å². The molecule has 2 aromatic rings. The molecule has 2 rings (SSSR count). The van der Waals surface area contributed by atoms with Gasteiger partial charge in [-0.3, -0.25) is 0 Å². The van der Waals surface area contributed by atoms with Gasteiger partial charge in [0, 0.05) is 11.4 Å². The number of halogens is 14. The monoisotopic (exact) mass is 534 g/mol. The highest BCUT2D eigenvalue weighted by atomic mass is 19.4. The highest BCUT2D eigenvalue weighted by Crippen LogP contribution is 2.62. The van der Waals surface area contributed by atoms with E-state index in [4.69, 9.17) is 0 Å². The van der Waals surface area contributed by atoms with Crippen LogP contribution in [0.3, 0.4) is 0 Å². The van der Waals surface area contributed by atoms with Crippen molar-refractivity contribution in [3.05, 3.63) is 60.7 Å². The fraction of sp³-hybridized carbons (Fsp3) is 0.368. The summed E-state index contributed by atoms with van der Waals surface area (Å²) in [5.41, 5.74) is -1.66. The van der Waals surface area contributed by atoms with E-state index in [1.165, 1.54) is 12.1 Å². The molecule has 0 unspecified atom stereocenters. The first-order valence-electron chi connectivity index (χ1n) is 8.97. The molecule has 2 nitrogen and oxygen atoms in total. The number of hydrogen-bond acceptors (Lipinski definition) is 2. The number of nitrogens with one attached hydrogen (secondary N) is 2. The van der Waals surface area contributed by atoms with Gasteiger partial charge in [-0.15, -0.1) is 0 Å².